The third kappa shape index (κ3) is 1.54. The smallest absolute Gasteiger partial charge is 0.191 e. The van der Waals surface area contributed by atoms with Crippen molar-refractivity contribution < 1.29 is 9.15 Å². The van der Waals surface area contributed by atoms with Crippen LogP contribution in [0.5, 0.6) is 0 Å². The predicted molar refractivity (Wildman–Crippen MR) is 32.0 cm³/mol. The molecule has 3 heteroatoms. The van der Waals surface area contributed by atoms with Gasteiger partial charge in [-0.15, -0.1) is 0 Å². The van der Waals surface area contributed by atoms with E-state index in [-0.39, 0.29) is 0 Å². The van der Waals surface area contributed by atoms with Crippen LogP contribution in [0.25, 0.3) is 0 Å². The van der Waals surface area contributed by atoms with Crippen molar-refractivity contribution in [3.63, 3.8) is 0 Å². The summed E-state index contributed by atoms with van der Waals surface area (Å²) in [6.45, 7) is 2.31. The van der Waals surface area contributed by atoms with Gasteiger partial charge < -0.3 is 9.15 Å². The molecule has 9 heavy (non-hydrogen) atoms. The maximum Gasteiger partial charge on any atom is 0.191 e. The van der Waals surface area contributed by atoms with Crippen LogP contribution in [0.2, 0.25) is 0 Å². The summed E-state index contributed by atoms with van der Waals surface area (Å²) in [5.41, 5.74) is 0. The summed E-state index contributed by atoms with van der Waals surface area (Å²) in [4.78, 5) is 3.89. The van der Waals surface area contributed by atoms with Gasteiger partial charge >= 0.3 is 0 Å². The van der Waals surface area contributed by atoms with Crippen molar-refractivity contribution in [3.05, 3.63) is 17.8 Å². The third-order valence-electron chi connectivity index (χ3n) is 0.956. The minimum Gasteiger partial charge on any atom is -0.444 e. The summed E-state index contributed by atoms with van der Waals surface area (Å²) < 4.78 is 9.90. The molecule has 0 aliphatic rings. The van der Waals surface area contributed by atoms with Crippen molar-refractivity contribution in [1.29, 1.82) is 0 Å². The number of nitrogens with zero attached hydrogens (tertiary/aromatic N) is 1. The predicted octanol–water partition coefficient (Wildman–Crippen LogP) is 1.13. The van der Waals surface area contributed by atoms with E-state index >= 15 is 0 Å². The van der Waals surface area contributed by atoms with Crippen LogP contribution in [-0.4, -0.2) is 12.1 Å². The molecular formula is C6H9NO2. The Kier molecular flexibility index (Phi) is 1.85. The monoisotopic (exact) mass is 127 g/mol. The van der Waals surface area contributed by atoms with Crippen molar-refractivity contribution in [1.82, 2.24) is 4.98 Å². The number of aryl methyl sites for hydroxylation is 1. The number of oxazole rings is 1. The summed E-state index contributed by atoms with van der Waals surface area (Å²) in [6.07, 6.45) is 1.67. The Morgan fingerprint density at radius 1 is 1.78 bits per heavy atom. The minimum atomic E-state index is 0.501. The Balaban J connectivity index is 2.61. The molecule has 0 bridgehead atoms. The lowest BCUT2D eigenvalue weighted by Gasteiger charge is -1.88. The summed E-state index contributed by atoms with van der Waals surface area (Å²) in [5, 5.41) is 0. The SMILES string of the molecule is COCc1cnc(C)o1. The third-order valence-corrected chi connectivity index (χ3v) is 0.956. The van der Waals surface area contributed by atoms with E-state index in [4.69, 9.17) is 9.15 Å². The van der Waals surface area contributed by atoms with Gasteiger partial charge in [-0.25, -0.2) is 4.98 Å². The Hall–Kier alpha value is -0.830. The quantitative estimate of drug-likeness (QED) is 0.597. The highest BCUT2D eigenvalue weighted by Gasteiger charge is 1.95. The highest BCUT2D eigenvalue weighted by Crippen LogP contribution is 2.01. The molecule has 0 aliphatic carbocycles. The van der Waals surface area contributed by atoms with Gasteiger partial charge in [0.15, 0.2) is 5.89 Å². The molecule has 0 unspecified atom stereocenters. The molecule has 50 valence electrons. The average molecular weight is 127 g/mol. The summed E-state index contributed by atoms with van der Waals surface area (Å²) >= 11 is 0. The maximum absolute atomic E-state index is 5.09. The molecule has 0 spiro atoms. The van der Waals surface area contributed by atoms with Gasteiger partial charge in [-0.3, -0.25) is 0 Å². The Morgan fingerprint density at radius 3 is 3.00 bits per heavy atom. The van der Waals surface area contributed by atoms with Crippen LogP contribution >= 0.6 is 0 Å². The molecule has 0 radical (unpaired) electrons. The summed E-state index contributed by atoms with van der Waals surface area (Å²) in [6, 6.07) is 0. The largest absolute Gasteiger partial charge is 0.444 e. The van der Waals surface area contributed by atoms with Crippen LogP contribution in [0.15, 0.2) is 10.6 Å². The van der Waals surface area contributed by atoms with Gasteiger partial charge in [0, 0.05) is 14.0 Å². The van der Waals surface area contributed by atoms with Crippen molar-refractivity contribution in [2.45, 2.75) is 13.5 Å². The molecule has 0 aliphatic heterocycles. The van der Waals surface area contributed by atoms with E-state index in [1.165, 1.54) is 0 Å². The molecule has 0 saturated carbocycles. The topological polar surface area (TPSA) is 35.3 Å². The van der Waals surface area contributed by atoms with Gasteiger partial charge in [0.2, 0.25) is 0 Å². The molecular weight excluding hydrogens is 118 g/mol. The zero-order valence-electron chi connectivity index (χ0n) is 5.55. The number of methoxy groups -OCH3 is 1. The van der Waals surface area contributed by atoms with Crippen LogP contribution in [0.3, 0.4) is 0 Å². The first kappa shape index (κ1) is 6.29. The second-order valence-electron chi connectivity index (χ2n) is 1.78. The molecule has 1 heterocycles. The van der Waals surface area contributed by atoms with Gasteiger partial charge in [0.05, 0.1) is 6.20 Å². The molecule has 1 aromatic rings. The fourth-order valence-corrected chi connectivity index (χ4v) is 0.614. The Bertz CT molecular complexity index is 183. The van der Waals surface area contributed by atoms with E-state index in [2.05, 4.69) is 4.98 Å². The van der Waals surface area contributed by atoms with E-state index in [1.54, 1.807) is 20.2 Å². The molecule has 0 fully saturated rings. The van der Waals surface area contributed by atoms with Crippen LogP contribution in [-0.2, 0) is 11.3 Å². The van der Waals surface area contributed by atoms with Crippen molar-refractivity contribution in [2.75, 3.05) is 7.11 Å². The van der Waals surface area contributed by atoms with Crippen molar-refractivity contribution >= 4 is 0 Å². The van der Waals surface area contributed by atoms with Gasteiger partial charge in [0.25, 0.3) is 0 Å². The fraction of sp³-hybridized carbons (Fsp3) is 0.500. The molecule has 3 nitrogen and oxygen atoms in total. The molecule has 1 rings (SSSR count). The van der Waals surface area contributed by atoms with E-state index < -0.39 is 0 Å². The van der Waals surface area contributed by atoms with Crippen molar-refractivity contribution in [3.8, 4) is 0 Å². The number of aromatic nitrogens is 1. The van der Waals surface area contributed by atoms with Crippen LogP contribution in [0, 0.1) is 6.92 Å². The zero-order chi connectivity index (χ0) is 6.69. The van der Waals surface area contributed by atoms with E-state index in [0.29, 0.717) is 12.5 Å². The summed E-state index contributed by atoms with van der Waals surface area (Å²) in [5.74, 6) is 1.46. The molecule has 0 amide bonds. The zero-order valence-corrected chi connectivity index (χ0v) is 5.55. The van der Waals surface area contributed by atoms with Crippen LogP contribution in [0.1, 0.15) is 11.7 Å². The highest BCUT2D eigenvalue weighted by atomic mass is 16.5. The first-order valence-corrected chi connectivity index (χ1v) is 2.73. The van der Waals surface area contributed by atoms with E-state index in [0.717, 1.165) is 5.76 Å². The standard InChI is InChI=1S/C6H9NO2/c1-5-7-3-6(9-5)4-8-2/h3H,4H2,1-2H3. The molecule has 0 saturated heterocycles. The molecule has 0 aromatic carbocycles. The lowest BCUT2D eigenvalue weighted by atomic mass is 10.6. The van der Waals surface area contributed by atoms with Gasteiger partial charge in [0.1, 0.15) is 12.4 Å². The molecule has 1 aromatic heterocycles. The first-order chi connectivity index (χ1) is 4.33. The molecule has 0 atom stereocenters. The lowest BCUT2D eigenvalue weighted by Crippen LogP contribution is -1.81. The maximum atomic E-state index is 5.09. The van der Waals surface area contributed by atoms with Crippen molar-refractivity contribution in [2.24, 2.45) is 0 Å². The number of hydrogen-bond acceptors (Lipinski definition) is 3. The Morgan fingerprint density at radius 2 is 2.56 bits per heavy atom. The van der Waals surface area contributed by atoms with Gasteiger partial charge in [-0.05, 0) is 0 Å². The Labute approximate surface area is 53.7 Å². The van der Waals surface area contributed by atoms with E-state index in [9.17, 15) is 0 Å². The summed E-state index contributed by atoms with van der Waals surface area (Å²) in [7, 11) is 1.62. The fourth-order valence-electron chi connectivity index (χ4n) is 0.614. The van der Waals surface area contributed by atoms with Crippen LogP contribution in [0.4, 0.5) is 0 Å². The van der Waals surface area contributed by atoms with Gasteiger partial charge in [-0.1, -0.05) is 0 Å². The van der Waals surface area contributed by atoms with Crippen LogP contribution < -0.4 is 0 Å². The molecule has 0 N–H and O–H groups in total. The van der Waals surface area contributed by atoms with E-state index in [1.807, 2.05) is 0 Å². The normalized spacial score (nSPS) is 10.0. The lowest BCUT2D eigenvalue weighted by molar-refractivity contribution is 0.163. The second-order valence-corrected chi connectivity index (χ2v) is 1.78. The second kappa shape index (κ2) is 2.64. The number of ether oxygens (including phenoxy) is 1. The number of hydrogen-bond donors (Lipinski definition) is 0. The average Bonchev–Trinajstić information content (AvgIpc) is 2.17. The first-order valence-electron chi connectivity index (χ1n) is 2.73. The minimum absolute atomic E-state index is 0.501. The highest BCUT2D eigenvalue weighted by molar-refractivity contribution is 4.90. The van der Waals surface area contributed by atoms with Gasteiger partial charge in [-0.2, -0.15) is 0 Å². The number of rotatable bonds is 2.